The number of hydrogen-bond donors (Lipinski definition) is 2. The van der Waals surface area contributed by atoms with Crippen LogP contribution >= 0.6 is 0 Å². The minimum absolute atomic E-state index is 0.0587. The first-order valence-electron chi connectivity index (χ1n) is 7.16. The van der Waals surface area contributed by atoms with Gasteiger partial charge in [-0.2, -0.15) is 0 Å². The van der Waals surface area contributed by atoms with E-state index in [2.05, 4.69) is 22.5 Å². The Morgan fingerprint density at radius 3 is 2.71 bits per heavy atom. The molecule has 1 aromatic rings. The van der Waals surface area contributed by atoms with Gasteiger partial charge in [0.1, 0.15) is 0 Å². The number of amides is 3. The smallest absolute Gasteiger partial charge is 0.321 e. The third-order valence-corrected chi connectivity index (χ3v) is 3.57. The summed E-state index contributed by atoms with van der Waals surface area (Å²) in [7, 11) is 0. The van der Waals surface area contributed by atoms with Gasteiger partial charge >= 0.3 is 6.03 Å². The summed E-state index contributed by atoms with van der Waals surface area (Å²) < 4.78 is 0. The number of carbonyl (C=O) groups is 2. The molecule has 0 unspecified atom stereocenters. The van der Waals surface area contributed by atoms with Gasteiger partial charge in [-0.05, 0) is 37.1 Å². The van der Waals surface area contributed by atoms with Gasteiger partial charge in [-0.15, -0.1) is 0 Å². The van der Waals surface area contributed by atoms with Crippen molar-refractivity contribution in [2.75, 3.05) is 24.5 Å². The van der Waals surface area contributed by atoms with Crippen LogP contribution in [0.25, 0.3) is 0 Å². The van der Waals surface area contributed by atoms with Gasteiger partial charge in [0, 0.05) is 30.3 Å². The Morgan fingerprint density at radius 1 is 1.33 bits per heavy atom. The van der Waals surface area contributed by atoms with Crippen molar-refractivity contribution in [1.29, 1.82) is 0 Å². The van der Waals surface area contributed by atoms with Crippen molar-refractivity contribution < 1.29 is 9.59 Å². The van der Waals surface area contributed by atoms with Crippen molar-refractivity contribution in [3.63, 3.8) is 0 Å². The van der Waals surface area contributed by atoms with Crippen LogP contribution in [0, 0.1) is 17.8 Å². The largest absolute Gasteiger partial charge is 0.345 e. The lowest BCUT2D eigenvalue weighted by Crippen LogP contribution is -2.27. The first-order chi connectivity index (χ1) is 10.2. The molecule has 1 saturated carbocycles. The van der Waals surface area contributed by atoms with E-state index in [9.17, 15) is 9.59 Å². The van der Waals surface area contributed by atoms with Gasteiger partial charge in [0.15, 0.2) is 0 Å². The molecule has 1 aromatic carbocycles. The molecular formula is C16H17N3O2. The van der Waals surface area contributed by atoms with Crippen LogP contribution in [0.3, 0.4) is 0 Å². The zero-order valence-corrected chi connectivity index (χ0v) is 11.7. The number of urea groups is 1. The molecule has 3 rings (SSSR count). The van der Waals surface area contributed by atoms with Crippen LogP contribution in [0.5, 0.6) is 0 Å². The van der Waals surface area contributed by atoms with Gasteiger partial charge in [0.05, 0.1) is 6.54 Å². The average molecular weight is 283 g/mol. The Morgan fingerprint density at radius 2 is 2.10 bits per heavy atom. The van der Waals surface area contributed by atoms with E-state index < -0.39 is 0 Å². The van der Waals surface area contributed by atoms with E-state index in [0.29, 0.717) is 19.6 Å². The number of anilines is 1. The molecule has 0 aromatic heterocycles. The Balaban J connectivity index is 1.54. The van der Waals surface area contributed by atoms with Gasteiger partial charge in [0.25, 0.3) is 0 Å². The molecule has 1 aliphatic carbocycles. The van der Waals surface area contributed by atoms with E-state index in [1.165, 1.54) is 0 Å². The summed E-state index contributed by atoms with van der Waals surface area (Å²) in [5, 5.41) is 5.57. The monoisotopic (exact) mass is 283 g/mol. The zero-order valence-electron chi connectivity index (χ0n) is 11.7. The van der Waals surface area contributed by atoms with Crippen molar-refractivity contribution in [2.24, 2.45) is 5.92 Å². The summed E-state index contributed by atoms with van der Waals surface area (Å²) in [6.45, 7) is 1.75. The van der Waals surface area contributed by atoms with Crippen molar-refractivity contribution in [3.8, 4) is 11.8 Å². The van der Waals surface area contributed by atoms with Gasteiger partial charge in [-0.3, -0.25) is 9.69 Å². The second-order valence-electron chi connectivity index (χ2n) is 5.22. The molecule has 5 nitrogen and oxygen atoms in total. The molecule has 0 radical (unpaired) electrons. The maximum absolute atomic E-state index is 11.5. The fourth-order valence-corrected chi connectivity index (χ4v) is 2.21. The van der Waals surface area contributed by atoms with E-state index in [0.717, 1.165) is 24.1 Å². The Labute approximate surface area is 123 Å². The molecule has 3 amide bonds. The molecule has 1 aliphatic heterocycles. The fraction of sp³-hybridized carbons (Fsp3) is 0.375. The van der Waals surface area contributed by atoms with Crippen LogP contribution in [0.1, 0.15) is 18.4 Å². The summed E-state index contributed by atoms with van der Waals surface area (Å²) in [5.74, 6) is 6.27. The van der Waals surface area contributed by atoms with Crippen molar-refractivity contribution in [3.05, 3.63) is 29.8 Å². The minimum Gasteiger partial charge on any atom is -0.345 e. The van der Waals surface area contributed by atoms with Gasteiger partial charge in [-0.1, -0.05) is 11.8 Å². The van der Waals surface area contributed by atoms with Crippen LogP contribution in [-0.2, 0) is 4.79 Å². The topological polar surface area (TPSA) is 61.4 Å². The second-order valence-corrected chi connectivity index (χ2v) is 5.22. The average Bonchev–Trinajstić information content (AvgIpc) is 3.26. The molecule has 2 N–H and O–H groups in total. The fourth-order valence-electron chi connectivity index (χ4n) is 2.21. The van der Waals surface area contributed by atoms with Crippen LogP contribution in [0.15, 0.2) is 24.3 Å². The highest BCUT2D eigenvalue weighted by molar-refractivity contribution is 5.94. The summed E-state index contributed by atoms with van der Waals surface area (Å²) in [4.78, 5) is 24.7. The molecular weight excluding hydrogens is 266 g/mol. The lowest BCUT2D eigenvalue weighted by atomic mass is 10.2. The molecule has 2 fully saturated rings. The molecule has 1 heterocycles. The quantitative estimate of drug-likeness (QED) is 0.816. The summed E-state index contributed by atoms with van der Waals surface area (Å²) >= 11 is 0. The predicted molar refractivity (Wildman–Crippen MR) is 79.8 cm³/mol. The first kappa shape index (κ1) is 13.5. The maximum atomic E-state index is 11.5. The Kier molecular flexibility index (Phi) is 3.78. The number of benzene rings is 1. The third-order valence-electron chi connectivity index (χ3n) is 3.57. The predicted octanol–water partition coefficient (Wildman–Crippen LogP) is 1.09. The van der Waals surface area contributed by atoms with E-state index in [1.54, 1.807) is 4.90 Å². The number of carbonyl (C=O) groups excluding carboxylic acids is 2. The van der Waals surface area contributed by atoms with Crippen molar-refractivity contribution in [2.45, 2.75) is 12.8 Å². The Bertz CT molecular complexity index is 609. The minimum atomic E-state index is -0.0587. The molecule has 0 bridgehead atoms. The Hall–Kier alpha value is -2.48. The van der Waals surface area contributed by atoms with Crippen LogP contribution in [0.2, 0.25) is 0 Å². The summed E-state index contributed by atoms with van der Waals surface area (Å²) in [5.41, 5.74) is 1.75. The van der Waals surface area contributed by atoms with E-state index in [-0.39, 0.29) is 17.9 Å². The number of nitrogens with one attached hydrogen (secondary N) is 2. The molecule has 1 saturated heterocycles. The van der Waals surface area contributed by atoms with E-state index >= 15 is 0 Å². The van der Waals surface area contributed by atoms with Crippen molar-refractivity contribution >= 4 is 17.6 Å². The zero-order chi connectivity index (χ0) is 14.7. The standard InChI is InChI=1S/C16H17N3O2/c20-15(13-5-6-13)17-9-1-2-12-3-7-14(8-4-12)19-11-10-18-16(19)21/h3-4,7-8,13H,5-6,9-11H2,(H,17,20)(H,18,21). The molecule has 2 aliphatic rings. The number of rotatable bonds is 3. The number of hydrogen-bond acceptors (Lipinski definition) is 2. The summed E-state index contributed by atoms with van der Waals surface area (Å²) in [6.07, 6.45) is 2.01. The maximum Gasteiger partial charge on any atom is 0.321 e. The van der Waals surface area contributed by atoms with Gasteiger partial charge in [-0.25, -0.2) is 4.79 Å². The highest BCUT2D eigenvalue weighted by atomic mass is 16.2. The van der Waals surface area contributed by atoms with Gasteiger partial charge < -0.3 is 10.6 Å². The SMILES string of the molecule is O=C(NCC#Cc1ccc(N2CCNC2=O)cc1)C1CC1. The lowest BCUT2D eigenvalue weighted by Gasteiger charge is -2.13. The van der Waals surface area contributed by atoms with Crippen molar-refractivity contribution in [1.82, 2.24) is 10.6 Å². The van der Waals surface area contributed by atoms with Crippen LogP contribution in [0.4, 0.5) is 10.5 Å². The van der Waals surface area contributed by atoms with Crippen LogP contribution in [-0.4, -0.2) is 31.6 Å². The second kappa shape index (κ2) is 5.88. The highest BCUT2D eigenvalue weighted by Gasteiger charge is 2.28. The summed E-state index contributed by atoms with van der Waals surface area (Å²) in [6, 6.07) is 7.49. The molecule has 0 spiro atoms. The highest BCUT2D eigenvalue weighted by Crippen LogP contribution is 2.28. The van der Waals surface area contributed by atoms with Gasteiger partial charge in [0.2, 0.25) is 5.91 Å². The van der Waals surface area contributed by atoms with Crippen LogP contribution < -0.4 is 15.5 Å². The number of nitrogens with zero attached hydrogens (tertiary/aromatic N) is 1. The first-order valence-corrected chi connectivity index (χ1v) is 7.16. The molecule has 0 atom stereocenters. The molecule has 108 valence electrons. The molecule has 21 heavy (non-hydrogen) atoms. The lowest BCUT2D eigenvalue weighted by molar-refractivity contribution is -0.122. The normalized spacial score (nSPS) is 17.0. The third kappa shape index (κ3) is 3.34. The molecule has 5 heteroatoms. The van der Waals surface area contributed by atoms with E-state index in [1.807, 2.05) is 24.3 Å². The van der Waals surface area contributed by atoms with E-state index in [4.69, 9.17) is 0 Å².